The van der Waals surface area contributed by atoms with E-state index in [0.717, 1.165) is 18.4 Å². The van der Waals surface area contributed by atoms with Crippen molar-refractivity contribution in [2.24, 2.45) is 5.73 Å². The van der Waals surface area contributed by atoms with Gasteiger partial charge < -0.3 is 11.1 Å². The number of amides is 2. The fraction of sp³-hybridized carbons (Fsp3) is 0.375. The Balaban J connectivity index is 2.37. The largest absolute Gasteiger partial charge is 0.368 e. The van der Waals surface area contributed by atoms with Crippen LogP contribution in [0.2, 0.25) is 0 Å². The first-order valence-corrected chi connectivity index (χ1v) is 6.87. The van der Waals surface area contributed by atoms with Crippen molar-refractivity contribution in [1.82, 2.24) is 5.32 Å². The Morgan fingerprint density at radius 3 is 2.60 bits per heavy atom. The number of nitrogens with two attached hydrogens (primary N) is 1. The molecule has 4 heteroatoms. The third-order valence-corrected chi connectivity index (χ3v) is 3.06. The van der Waals surface area contributed by atoms with Crippen LogP contribution in [-0.4, -0.2) is 17.9 Å². The molecule has 1 rings (SSSR count). The lowest BCUT2D eigenvalue weighted by Crippen LogP contribution is -2.44. The van der Waals surface area contributed by atoms with Gasteiger partial charge in [0.1, 0.15) is 6.04 Å². The lowest BCUT2D eigenvalue weighted by atomic mass is 10.1. The third kappa shape index (κ3) is 6.18. The molecule has 0 aliphatic rings. The van der Waals surface area contributed by atoms with Crippen LogP contribution in [0.15, 0.2) is 43.0 Å². The van der Waals surface area contributed by atoms with Crippen LogP contribution in [0.3, 0.4) is 0 Å². The average Bonchev–Trinajstić information content (AvgIpc) is 2.45. The van der Waals surface area contributed by atoms with Gasteiger partial charge in [0.2, 0.25) is 11.8 Å². The second kappa shape index (κ2) is 8.91. The number of benzene rings is 1. The van der Waals surface area contributed by atoms with Gasteiger partial charge in [-0.1, -0.05) is 36.4 Å². The fourth-order valence-electron chi connectivity index (χ4n) is 1.92. The van der Waals surface area contributed by atoms with E-state index in [9.17, 15) is 9.59 Å². The van der Waals surface area contributed by atoms with Crippen molar-refractivity contribution in [3.8, 4) is 0 Å². The smallest absolute Gasteiger partial charge is 0.239 e. The second-order valence-corrected chi connectivity index (χ2v) is 4.73. The summed E-state index contributed by atoms with van der Waals surface area (Å²) in [5.41, 5.74) is 6.40. The van der Waals surface area contributed by atoms with Gasteiger partial charge in [0.15, 0.2) is 0 Å². The zero-order valence-corrected chi connectivity index (χ0v) is 11.7. The van der Waals surface area contributed by atoms with Gasteiger partial charge in [-0.15, -0.1) is 6.58 Å². The Labute approximate surface area is 120 Å². The standard InChI is InChI=1S/C16H22N2O2/c1-2-3-5-10-14(16(17)20)18-15(19)12-11-13-8-6-4-7-9-13/h2,4,6-9,14H,1,3,5,10-12H2,(H2,17,20)(H,18,19)/t14-/m0/s1. The van der Waals surface area contributed by atoms with Crippen molar-refractivity contribution in [2.45, 2.75) is 38.1 Å². The van der Waals surface area contributed by atoms with Crippen LogP contribution in [0.4, 0.5) is 0 Å². The van der Waals surface area contributed by atoms with Crippen molar-refractivity contribution in [1.29, 1.82) is 0 Å². The molecule has 0 aliphatic heterocycles. The highest BCUT2D eigenvalue weighted by molar-refractivity contribution is 5.86. The third-order valence-electron chi connectivity index (χ3n) is 3.06. The van der Waals surface area contributed by atoms with Crippen LogP contribution in [-0.2, 0) is 16.0 Å². The van der Waals surface area contributed by atoms with E-state index in [-0.39, 0.29) is 5.91 Å². The number of hydrogen-bond acceptors (Lipinski definition) is 2. The van der Waals surface area contributed by atoms with Gasteiger partial charge in [0.05, 0.1) is 0 Å². The number of allylic oxidation sites excluding steroid dienone is 1. The Kier molecular flexibility index (Phi) is 7.11. The van der Waals surface area contributed by atoms with Crippen molar-refractivity contribution < 1.29 is 9.59 Å². The summed E-state index contributed by atoms with van der Waals surface area (Å²) in [6, 6.07) is 9.18. The number of rotatable bonds is 9. The molecule has 0 heterocycles. The molecule has 0 radical (unpaired) electrons. The SMILES string of the molecule is C=CCCC[C@H](NC(=O)CCc1ccccc1)C(N)=O. The fourth-order valence-corrected chi connectivity index (χ4v) is 1.92. The van der Waals surface area contributed by atoms with Crippen LogP contribution < -0.4 is 11.1 Å². The molecule has 0 aromatic heterocycles. The van der Waals surface area contributed by atoms with Crippen LogP contribution >= 0.6 is 0 Å². The zero-order valence-electron chi connectivity index (χ0n) is 11.7. The average molecular weight is 274 g/mol. The molecule has 0 aliphatic carbocycles. The first-order chi connectivity index (χ1) is 9.63. The van der Waals surface area contributed by atoms with Gasteiger partial charge in [0.25, 0.3) is 0 Å². The van der Waals surface area contributed by atoms with Crippen molar-refractivity contribution >= 4 is 11.8 Å². The summed E-state index contributed by atoms with van der Waals surface area (Å²) in [5.74, 6) is -0.627. The highest BCUT2D eigenvalue weighted by atomic mass is 16.2. The molecule has 4 nitrogen and oxygen atoms in total. The molecule has 1 aromatic carbocycles. The lowest BCUT2D eigenvalue weighted by molar-refractivity contribution is -0.127. The number of primary amides is 1. The van der Waals surface area contributed by atoms with Crippen molar-refractivity contribution in [3.63, 3.8) is 0 Å². The predicted octanol–water partition coefficient (Wildman–Crippen LogP) is 1.95. The predicted molar refractivity (Wildman–Crippen MR) is 79.9 cm³/mol. The molecule has 1 atom stereocenters. The summed E-state index contributed by atoms with van der Waals surface area (Å²) in [6.07, 6.45) is 4.95. The van der Waals surface area contributed by atoms with Crippen molar-refractivity contribution in [2.75, 3.05) is 0 Å². The number of aryl methyl sites for hydroxylation is 1. The van der Waals surface area contributed by atoms with E-state index < -0.39 is 11.9 Å². The van der Waals surface area contributed by atoms with Crippen molar-refractivity contribution in [3.05, 3.63) is 48.6 Å². The van der Waals surface area contributed by atoms with E-state index in [1.165, 1.54) is 0 Å². The van der Waals surface area contributed by atoms with Gasteiger partial charge in [-0.05, 0) is 31.2 Å². The minimum absolute atomic E-state index is 0.142. The van der Waals surface area contributed by atoms with Gasteiger partial charge in [-0.25, -0.2) is 0 Å². The summed E-state index contributed by atoms with van der Waals surface area (Å²) < 4.78 is 0. The Bertz CT molecular complexity index is 443. The lowest BCUT2D eigenvalue weighted by Gasteiger charge is -2.15. The summed E-state index contributed by atoms with van der Waals surface area (Å²) in [5, 5.41) is 2.70. The molecular weight excluding hydrogens is 252 g/mol. The molecule has 0 fully saturated rings. The van der Waals surface area contributed by atoms with Gasteiger partial charge >= 0.3 is 0 Å². The van der Waals surface area contributed by atoms with E-state index >= 15 is 0 Å². The molecule has 3 N–H and O–H groups in total. The maximum absolute atomic E-state index is 11.8. The topological polar surface area (TPSA) is 72.2 Å². The molecule has 2 amide bonds. The molecule has 0 saturated carbocycles. The van der Waals surface area contributed by atoms with Crippen LogP contribution in [0.5, 0.6) is 0 Å². The van der Waals surface area contributed by atoms with Gasteiger partial charge in [-0.2, -0.15) is 0 Å². The number of unbranched alkanes of at least 4 members (excludes halogenated alkanes) is 1. The minimum atomic E-state index is -0.585. The summed E-state index contributed by atoms with van der Waals surface area (Å²) in [4.78, 5) is 23.1. The van der Waals surface area contributed by atoms with E-state index in [1.54, 1.807) is 6.08 Å². The maximum atomic E-state index is 11.8. The maximum Gasteiger partial charge on any atom is 0.239 e. The summed E-state index contributed by atoms with van der Waals surface area (Å²) in [7, 11) is 0. The number of nitrogens with one attached hydrogen (secondary N) is 1. The highest BCUT2D eigenvalue weighted by Gasteiger charge is 2.17. The van der Waals surface area contributed by atoms with Crippen LogP contribution in [0, 0.1) is 0 Å². The Morgan fingerprint density at radius 2 is 2.00 bits per heavy atom. The second-order valence-electron chi connectivity index (χ2n) is 4.73. The molecule has 20 heavy (non-hydrogen) atoms. The number of carbonyl (C=O) groups is 2. The molecule has 0 unspecified atom stereocenters. The molecule has 0 bridgehead atoms. The molecule has 1 aromatic rings. The summed E-state index contributed by atoms with van der Waals surface area (Å²) in [6.45, 7) is 3.62. The highest BCUT2D eigenvalue weighted by Crippen LogP contribution is 2.04. The molecule has 0 spiro atoms. The van der Waals surface area contributed by atoms with Crippen LogP contribution in [0.1, 0.15) is 31.2 Å². The number of hydrogen-bond donors (Lipinski definition) is 2. The molecule has 108 valence electrons. The first kappa shape index (κ1) is 16.0. The monoisotopic (exact) mass is 274 g/mol. The number of carbonyl (C=O) groups excluding carboxylic acids is 2. The first-order valence-electron chi connectivity index (χ1n) is 6.87. The van der Waals surface area contributed by atoms with Gasteiger partial charge in [0, 0.05) is 6.42 Å². The van der Waals surface area contributed by atoms with E-state index in [1.807, 2.05) is 30.3 Å². The normalized spacial score (nSPS) is 11.6. The minimum Gasteiger partial charge on any atom is -0.368 e. The van der Waals surface area contributed by atoms with E-state index in [2.05, 4.69) is 11.9 Å². The zero-order chi connectivity index (χ0) is 14.8. The molecule has 0 saturated heterocycles. The van der Waals surface area contributed by atoms with E-state index in [4.69, 9.17) is 5.73 Å². The van der Waals surface area contributed by atoms with E-state index in [0.29, 0.717) is 19.3 Å². The Morgan fingerprint density at radius 1 is 1.30 bits per heavy atom. The molecular formula is C16H22N2O2. The summed E-state index contributed by atoms with van der Waals surface area (Å²) >= 11 is 0. The Hall–Kier alpha value is -2.10. The van der Waals surface area contributed by atoms with Gasteiger partial charge in [-0.3, -0.25) is 9.59 Å². The quantitative estimate of drug-likeness (QED) is 0.533. The van der Waals surface area contributed by atoms with Crippen LogP contribution in [0.25, 0.3) is 0 Å².